The van der Waals surface area contributed by atoms with Crippen LogP contribution >= 0.6 is 0 Å². The van der Waals surface area contributed by atoms with Gasteiger partial charge in [0.2, 0.25) is 11.8 Å². The number of ether oxygens (including phenoxy) is 4. The average Bonchev–Trinajstić information content (AvgIpc) is 3.59. The highest BCUT2D eigenvalue weighted by Gasteiger charge is 2.76. The summed E-state index contributed by atoms with van der Waals surface area (Å²) in [6.07, 6.45) is -0.492. The number of rotatable bonds is 9. The lowest BCUT2D eigenvalue weighted by atomic mass is 9.75. The minimum Gasteiger partial charge on any atom is -0.504 e. The van der Waals surface area contributed by atoms with Crippen molar-refractivity contribution < 1.29 is 43.9 Å². The Morgan fingerprint density at radius 1 is 1.04 bits per heavy atom. The molecule has 3 aliphatic rings. The lowest BCUT2D eigenvalue weighted by molar-refractivity contribution is -0.167. The van der Waals surface area contributed by atoms with Gasteiger partial charge in [0.25, 0.3) is 0 Å². The lowest BCUT2D eigenvalue weighted by Gasteiger charge is -2.45. The number of carbonyl (C=O) groups excluding carboxylic acids is 2. The Morgan fingerprint density at radius 2 is 1.77 bits per heavy atom. The van der Waals surface area contributed by atoms with E-state index in [1.807, 2.05) is 44.2 Å². The standard InChI is InChI=1S/C36H42N2O9/c1-6-20(2)32(40)37-28-13-10-16-38(28)33(41)31-29(21-11-8-7-9-12-21)36(22-14-15-25(45-4)24(39)17-22)34(42)35(31,43)30-26(46-5)18-23(44-3)19-27(30)47-36/h7-9,11-12,14-15,17-20,28-29,31,34,39,42-43H,6,10,13,16H2,1-5H3,(H,37,40)/t20?,28-,29-,31+,34+,35-,36-/m0/s1. The average molecular weight is 647 g/mol. The molecule has 3 aromatic carbocycles. The van der Waals surface area contributed by atoms with Crippen molar-refractivity contribution in [3.05, 3.63) is 77.4 Å². The number of likely N-dealkylation sites (tertiary alicyclic amines) is 1. The third kappa shape index (κ3) is 4.86. The zero-order chi connectivity index (χ0) is 33.7. The third-order valence-electron chi connectivity index (χ3n) is 10.2. The first-order chi connectivity index (χ1) is 22.6. The van der Waals surface area contributed by atoms with Gasteiger partial charge in [0.1, 0.15) is 35.1 Å². The van der Waals surface area contributed by atoms with Gasteiger partial charge in [-0.05, 0) is 37.0 Å². The Bertz CT molecular complexity index is 1670. The van der Waals surface area contributed by atoms with Gasteiger partial charge in [0.05, 0.1) is 32.8 Å². The third-order valence-corrected chi connectivity index (χ3v) is 10.2. The molecule has 1 aliphatic carbocycles. The van der Waals surface area contributed by atoms with E-state index < -0.39 is 41.2 Å². The van der Waals surface area contributed by atoms with Crippen LogP contribution in [0.3, 0.4) is 0 Å². The van der Waals surface area contributed by atoms with Crippen LogP contribution in [0, 0.1) is 11.8 Å². The fourth-order valence-corrected chi connectivity index (χ4v) is 7.69. The van der Waals surface area contributed by atoms with Crippen LogP contribution in [0.1, 0.15) is 55.7 Å². The molecule has 2 aliphatic heterocycles. The van der Waals surface area contributed by atoms with Gasteiger partial charge in [-0.3, -0.25) is 9.59 Å². The number of aromatic hydroxyl groups is 1. The van der Waals surface area contributed by atoms with Crippen LogP contribution in [0.15, 0.2) is 60.7 Å². The fourth-order valence-electron chi connectivity index (χ4n) is 7.69. The number of nitrogens with zero attached hydrogens (tertiary/aromatic N) is 1. The largest absolute Gasteiger partial charge is 0.504 e. The van der Waals surface area contributed by atoms with Crippen LogP contribution in [0.25, 0.3) is 0 Å². The number of phenolic OH excluding ortho intramolecular Hbond substituents is 1. The molecule has 0 spiro atoms. The van der Waals surface area contributed by atoms with E-state index in [2.05, 4.69) is 5.32 Å². The predicted octanol–water partition coefficient (Wildman–Crippen LogP) is 3.78. The first kappa shape index (κ1) is 32.5. The summed E-state index contributed by atoms with van der Waals surface area (Å²) in [5, 5.41) is 39.7. The highest BCUT2D eigenvalue weighted by atomic mass is 16.5. The van der Waals surface area contributed by atoms with E-state index in [0.29, 0.717) is 42.7 Å². The second-order valence-electron chi connectivity index (χ2n) is 12.6. The van der Waals surface area contributed by atoms with Crippen LogP contribution in [-0.2, 0) is 20.8 Å². The summed E-state index contributed by atoms with van der Waals surface area (Å²) >= 11 is 0. The number of phenols is 1. The van der Waals surface area contributed by atoms with Crippen molar-refractivity contribution >= 4 is 11.8 Å². The maximum atomic E-state index is 15.1. The maximum absolute atomic E-state index is 15.1. The molecule has 1 unspecified atom stereocenters. The van der Waals surface area contributed by atoms with Crippen LogP contribution in [-0.4, -0.2) is 72.2 Å². The number of nitrogens with one attached hydrogen (secondary N) is 1. The topological polar surface area (TPSA) is 147 Å². The number of hydrogen-bond donors (Lipinski definition) is 4. The summed E-state index contributed by atoms with van der Waals surface area (Å²) in [5.41, 5.74) is -3.00. The summed E-state index contributed by atoms with van der Waals surface area (Å²) in [6, 6.07) is 16.9. The van der Waals surface area contributed by atoms with E-state index in [9.17, 15) is 20.1 Å². The molecular weight excluding hydrogens is 604 g/mol. The molecule has 0 aromatic heterocycles. The SMILES string of the molecule is CCC(C)C(=O)N[C@@H]1CCCN1C(=O)[C@H]1[C@H](c2ccccc2)[C@]2(c3ccc(OC)c(O)c3)Oc3cc(OC)cc(OC)c3[C@@]1(O)[C@H]2O. The molecule has 2 bridgehead atoms. The molecular formula is C36H42N2O9. The zero-order valence-electron chi connectivity index (χ0n) is 27.2. The molecule has 2 heterocycles. The molecule has 11 heteroatoms. The van der Waals surface area contributed by atoms with Crippen molar-refractivity contribution in [2.75, 3.05) is 27.9 Å². The molecule has 3 aromatic rings. The number of carbonyl (C=O) groups is 2. The van der Waals surface area contributed by atoms with Gasteiger partial charge in [0.15, 0.2) is 17.1 Å². The van der Waals surface area contributed by atoms with Crippen LogP contribution in [0.5, 0.6) is 28.7 Å². The van der Waals surface area contributed by atoms with Gasteiger partial charge < -0.3 is 44.5 Å². The van der Waals surface area contributed by atoms with E-state index in [0.717, 1.165) is 0 Å². The number of methoxy groups -OCH3 is 3. The lowest BCUT2D eigenvalue weighted by Crippen LogP contribution is -2.56. The Morgan fingerprint density at radius 3 is 2.40 bits per heavy atom. The van der Waals surface area contributed by atoms with E-state index in [1.54, 1.807) is 29.2 Å². The van der Waals surface area contributed by atoms with Crippen LogP contribution in [0.2, 0.25) is 0 Å². The smallest absolute Gasteiger partial charge is 0.231 e. The van der Waals surface area contributed by atoms with Crippen molar-refractivity contribution in [1.29, 1.82) is 0 Å². The summed E-state index contributed by atoms with van der Waals surface area (Å²) in [7, 11) is 4.34. The number of amides is 2. The van der Waals surface area contributed by atoms with E-state index in [1.165, 1.54) is 27.4 Å². The van der Waals surface area contributed by atoms with E-state index >= 15 is 4.79 Å². The van der Waals surface area contributed by atoms with Crippen LogP contribution in [0.4, 0.5) is 0 Å². The highest BCUT2D eigenvalue weighted by molar-refractivity contribution is 5.86. The van der Waals surface area contributed by atoms with Gasteiger partial charge >= 0.3 is 0 Å². The molecule has 2 amide bonds. The first-order valence-electron chi connectivity index (χ1n) is 16.0. The number of aliphatic hydroxyl groups is 2. The molecule has 47 heavy (non-hydrogen) atoms. The number of aliphatic hydroxyl groups excluding tert-OH is 1. The Hall–Kier alpha value is -4.48. The van der Waals surface area contributed by atoms with Crippen molar-refractivity contribution in [3.8, 4) is 28.7 Å². The van der Waals surface area contributed by atoms with Crippen molar-refractivity contribution in [2.45, 2.75) is 62.5 Å². The van der Waals surface area contributed by atoms with Crippen LogP contribution < -0.4 is 24.3 Å². The second-order valence-corrected chi connectivity index (χ2v) is 12.6. The van der Waals surface area contributed by atoms with Gasteiger partial charge in [-0.2, -0.15) is 0 Å². The van der Waals surface area contributed by atoms with Gasteiger partial charge in [-0.15, -0.1) is 0 Å². The molecule has 2 fully saturated rings. The van der Waals surface area contributed by atoms with Crippen molar-refractivity contribution in [2.24, 2.45) is 11.8 Å². The summed E-state index contributed by atoms with van der Waals surface area (Å²) < 4.78 is 23.5. The molecule has 4 N–H and O–H groups in total. The Balaban J connectivity index is 1.62. The zero-order valence-corrected chi connectivity index (χ0v) is 27.2. The first-order valence-corrected chi connectivity index (χ1v) is 16.0. The normalized spacial score (nSPS) is 28.2. The Kier molecular flexibility index (Phi) is 8.48. The highest BCUT2D eigenvalue weighted by Crippen LogP contribution is 2.68. The molecule has 0 radical (unpaired) electrons. The number of benzene rings is 3. The van der Waals surface area contributed by atoms with Crippen molar-refractivity contribution in [1.82, 2.24) is 10.2 Å². The number of hydrogen-bond acceptors (Lipinski definition) is 9. The molecule has 1 saturated carbocycles. The molecule has 11 nitrogen and oxygen atoms in total. The molecule has 250 valence electrons. The predicted molar refractivity (Wildman–Crippen MR) is 171 cm³/mol. The number of fused-ring (bicyclic) bond motifs is 4. The fraction of sp³-hybridized carbons (Fsp3) is 0.444. The van der Waals surface area contributed by atoms with Gasteiger partial charge in [-0.25, -0.2) is 0 Å². The quantitative estimate of drug-likeness (QED) is 0.273. The van der Waals surface area contributed by atoms with Gasteiger partial charge in [-0.1, -0.05) is 50.2 Å². The summed E-state index contributed by atoms with van der Waals surface area (Å²) in [4.78, 5) is 29.8. The van der Waals surface area contributed by atoms with E-state index in [4.69, 9.17) is 18.9 Å². The Labute approximate surface area is 274 Å². The summed E-state index contributed by atoms with van der Waals surface area (Å²) in [6.45, 7) is 4.11. The molecule has 1 saturated heterocycles. The van der Waals surface area contributed by atoms with E-state index in [-0.39, 0.29) is 40.4 Å². The van der Waals surface area contributed by atoms with Crippen molar-refractivity contribution in [3.63, 3.8) is 0 Å². The molecule has 7 atom stereocenters. The summed E-state index contributed by atoms with van der Waals surface area (Å²) in [5.74, 6) is -2.48. The maximum Gasteiger partial charge on any atom is 0.231 e. The second kappa shape index (κ2) is 12.3. The minimum atomic E-state index is -2.26. The van der Waals surface area contributed by atoms with Gasteiger partial charge in [0, 0.05) is 36.1 Å². The minimum absolute atomic E-state index is 0.109. The monoisotopic (exact) mass is 646 g/mol. The molecule has 6 rings (SSSR count).